The first-order valence-electron chi connectivity index (χ1n) is 27.4. The Hall–Kier alpha value is -7.02. The molecule has 81 heavy (non-hydrogen) atoms. The Kier molecular flexibility index (Phi) is 19.5. The second-order valence-corrected chi connectivity index (χ2v) is 23.2. The van der Waals surface area contributed by atoms with Crippen LogP contribution in [0.3, 0.4) is 0 Å². The summed E-state index contributed by atoms with van der Waals surface area (Å²) in [4.78, 5) is 105. The summed E-state index contributed by atoms with van der Waals surface area (Å²) in [5.74, 6) is -2.89. The minimum absolute atomic E-state index is 0.0624. The summed E-state index contributed by atoms with van der Waals surface area (Å²) in [7, 11) is 2.99. The van der Waals surface area contributed by atoms with Crippen LogP contribution in [0.1, 0.15) is 102 Å². The van der Waals surface area contributed by atoms with Gasteiger partial charge in [0.1, 0.15) is 45.7 Å². The molecule has 2 saturated heterocycles. The van der Waals surface area contributed by atoms with E-state index in [4.69, 9.17) is 21.1 Å². The number of benzene rings is 2. The number of hydrogen-bond donors (Lipinski definition) is 4. The molecule has 436 valence electrons. The van der Waals surface area contributed by atoms with Gasteiger partial charge in [0.15, 0.2) is 16.8 Å². The van der Waals surface area contributed by atoms with Gasteiger partial charge in [-0.3, -0.25) is 33.8 Å². The van der Waals surface area contributed by atoms with Gasteiger partial charge in [-0.05, 0) is 78.0 Å². The molecule has 2 aliphatic heterocycles. The Morgan fingerprint density at radius 3 is 2.27 bits per heavy atom. The maximum atomic E-state index is 14.9. The molecule has 0 bridgehead atoms. The van der Waals surface area contributed by atoms with Gasteiger partial charge < -0.3 is 50.0 Å². The van der Waals surface area contributed by atoms with E-state index in [1.165, 1.54) is 46.0 Å². The Balaban J connectivity index is 0.817. The standard InChI is InChI=1S/C56H72ClF2N13O8S/c1-33-13-12-16-38(57)46(33)65-50(74)42-32-61-54(81-42)64-43-31-44(63-35(3)62-43)70-20-18-69(19-21-70)26-28-79-27-17-60-51(75)45-37-29-39(58)40(59)30-41(37)68(8)48(45)53(77)72-24-22-71(23-25-72)52(76)47(36-14-10-9-11-15-36)66-49(73)34(2)67(7)55(78)80-56(4,5)6/h12-13,16,29-32,34,36,47H,9-11,14-15,17-28H2,1-8H3,(H,60,75)(H,65,74)(H,66,73)(H,61,62,63,64)/t34-,47-/m0/s1. The number of aryl methyl sites for hydroxylation is 3. The lowest BCUT2D eigenvalue weighted by atomic mass is 9.83. The predicted molar refractivity (Wildman–Crippen MR) is 305 cm³/mol. The van der Waals surface area contributed by atoms with Crippen molar-refractivity contribution in [3.05, 3.63) is 86.8 Å². The average Bonchev–Trinajstić information content (AvgIpc) is 3.99. The van der Waals surface area contributed by atoms with Crippen molar-refractivity contribution in [1.29, 1.82) is 0 Å². The molecule has 0 spiro atoms. The van der Waals surface area contributed by atoms with Crippen molar-refractivity contribution in [3.8, 4) is 0 Å². The molecule has 5 heterocycles. The van der Waals surface area contributed by atoms with Crippen LogP contribution in [-0.4, -0.2) is 178 Å². The van der Waals surface area contributed by atoms with E-state index in [2.05, 4.69) is 46.0 Å². The number of likely N-dealkylation sites (N-methyl/N-ethyl adjacent to an activating group) is 1. The number of carbonyl (C=O) groups is 6. The number of anilines is 4. The maximum absolute atomic E-state index is 14.9. The number of thiazole rings is 1. The molecule has 1 aliphatic carbocycles. The summed E-state index contributed by atoms with van der Waals surface area (Å²) >= 11 is 7.50. The molecule has 3 aliphatic rings. The van der Waals surface area contributed by atoms with Crippen LogP contribution in [-0.2, 0) is 26.1 Å². The molecule has 21 nitrogen and oxygen atoms in total. The zero-order valence-electron chi connectivity index (χ0n) is 47.1. The molecule has 0 unspecified atom stereocenters. The van der Waals surface area contributed by atoms with Crippen molar-refractivity contribution in [1.82, 2.24) is 49.8 Å². The number of hydrogen-bond acceptors (Lipinski definition) is 15. The molecule has 4 N–H and O–H groups in total. The summed E-state index contributed by atoms with van der Waals surface area (Å²) in [5, 5.41) is 12.9. The van der Waals surface area contributed by atoms with Crippen molar-refractivity contribution >= 4 is 91.9 Å². The zero-order chi connectivity index (χ0) is 58.3. The summed E-state index contributed by atoms with van der Waals surface area (Å²) in [6, 6.07) is 7.35. The summed E-state index contributed by atoms with van der Waals surface area (Å²) < 4.78 is 42.4. The van der Waals surface area contributed by atoms with Gasteiger partial charge >= 0.3 is 6.09 Å². The number of carbonyl (C=O) groups excluding carboxylic acids is 6. The van der Waals surface area contributed by atoms with Gasteiger partial charge in [0.2, 0.25) is 11.8 Å². The van der Waals surface area contributed by atoms with E-state index < -0.39 is 53.1 Å². The number of piperazine rings is 2. The highest BCUT2D eigenvalue weighted by molar-refractivity contribution is 7.17. The zero-order valence-corrected chi connectivity index (χ0v) is 48.7. The minimum atomic E-state index is -1.17. The van der Waals surface area contributed by atoms with Gasteiger partial charge in [-0.15, -0.1) is 0 Å². The SMILES string of the molecule is Cc1nc(Nc2ncc(C(=O)Nc3c(C)cccc3Cl)s2)cc(N2CCN(CCOCCNC(=O)c3c(C(=O)N4CCN(C(=O)[C@@H](NC(=O)[C@H](C)N(C)C(=O)OC(C)(C)C)C5CCCCC5)CC4)n(C)c4cc(F)c(F)cc34)CC2)n1. The maximum Gasteiger partial charge on any atom is 0.410 e. The van der Waals surface area contributed by atoms with Crippen LogP contribution < -0.4 is 26.2 Å². The van der Waals surface area contributed by atoms with Gasteiger partial charge in [0, 0.05) is 97.1 Å². The number of rotatable bonds is 18. The first-order valence-corrected chi connectivity index (χ1v) is 28.6. The molecule has 8 rings (SSSR count). The van der Waals surface area contributed by atoms with Crippen molar-refractivity contribution in [2.24, 2.45) is 13.0 Å². The van der Waals surface area contributed by atoms with Crippen LogP contribution in [0.25, 0.3) is 10.9 Å². The molecule has 1 saturated carbocycles. The van der Waals surface area contributed by atoms with E-state index in [1.807, 2.05) is 32.0 Å². The first kappa shape index (κ1) is 60.1. The number of amides is 6. The number of halogens is 3. The van der Waals surface area contributed by atoms with Gasteiger partial charge in [-0.25, -0.2) is 28.5 Å². The second kappa shape index (κ2) is 26.3. The minimum Gasteiger partial charge on any atom is -0.444 e. The van der Waals surface area contributed by atoms with Gasteiger partial charge in [0.05, 0.1) is 41.2 Å². The fraction of sp³-hybridized carbons (Fsp3) is 0.518. The van der Waals surface area contributed by atoms with Crippen LogP contribution in [0.4, 0.5) is 36.0 Å². The normalized spacial score (nSPS) is 16.2. The molecule has 0 radical (unpaired) electrons. The van der Waals surface area contributed by atoms with Crippen molar-refractivity contribution in [3.63, 3.8) is 0 Å². The van der Waals surface area contributed by atoms with E-state index in [0.29, 0.717) is 58.6 Å². The van der Waals surface area contributed by atoms with Crippen LogP contribution in [0.2, 0.25) is 5.02 Å². The first-order chi connectivity index (χ1) is 38.6. The number of nitrogens with zero attached hydrogens (tertiary/aromatic N) is 9. The molecule has 2 aromatic carbocycles. The topological polar surface area (TPSA) is 229 Å². The lowest BCUT2D eigenvalue weighted by Gasteiger charge is -2.39. The lowest BCUT2D eigenvalue weighted by Crippen LogP contribution is -2.60. The van der Waals surface area contributed by atoms with E-state index in [0.717, 1.165) is 68.7 Å². The van der Waals surface area contributed by atoms with Gasteiger partial charge in [-0.1, -0.05) is 54.3 Å². The second-order valence-electron chi connectivity index (χ2n) is 21.7. The molecular weight excluding hydrogens is 1090 g/mol. The molecular formula is C56H72ClF2N13O8S. The largest absolute Gasteiger partial charge is 0.444 e. The molecule has 3 fully saturated rings. The molecule has 5 aromatic rings. The number of fused-ring (bicyclic) bond motifs is 1. The fourth-order valence-electron chi connectivity index (χ4n) is 10.3. The highest BCUT2D eigenvalue weighted by Crippen LogP contribution is 2.32. The third kappa shape index (κ3) is 14.7. The number of nitrogens with one attached hydrogen (secondary N) is 4. The van der Waals surface area contributed by atoms with E-state index >= 15 is 0 Å². The Labute approximate surface area is 479 Å². The third-order valence-corrected chi connectivity index (χ3v) is 16.1. The third-order valence-electron chi connectivity index (χ3n) is 14.9. The Morgan fingerprint density at radius 1 is 0.889 bits per heavy atom. The number of ether oxygens (including phenoxy) is 2. The van der Waals surface area contributed by atoms with Crippen LogP contribution in [0.15, 0.2) is 42.6 Å². The number of aromatic nitrogens is 4. The lowest BCUT2D eigenvalue weighted by molar-refractivity contribution is -0.140. The van der Waals surface area contributed by atoms with Gasteiger partial charge in [0.25, 0.3) is 17.7 Å². The van der Waals surface area contributed by atoms with Crippen LogP contribution in [0, 0.1) is 31.4 Å². The highest BCUT2D eigenvalue weighted by atomic mass is 35.5. The van der Waals surface area contributed by atoms with Gasteiger partial charge in [-0.2, -0.15) is 0 Å². The van der Waals surface area contributed by atoms with E-state index in [9.17, 15) is 37.5 Å². The van der Waals surface area contributed by atoms with Crippen LogP contribution in [0.5, 0.6) is 0 Å². The molecule has 25 heteroatoms. The monoisotopic (exact) mass is 1160 g/mol. The Bertz CT molecular complexity index is 3110. The summed E-state index contributed by atoms with van der Waals surface area (Å²) in [5.41, 5.74) is 0.602. The van der Waals surface area contributed by atoms with Crippen molar-refractivity contribution in [2.45, 2.75) is 91.3 Å². The number of para-hydroxylation sites is 1. The van der Waals surface area contributed by atoms with Crippen molar-refractivity contribution in [2.75, 3.05) is 101 Å². The fourth-order valence-corrected chi connectivity index (χ4v) is 11.3. The summed E-state index contributed by atoms with van der Waals surface area (Å²) in [6.07, 6.45) is 5.16. The van der Waals surface area contributed by atoms with Crippen molar-refractivity contribution < 1.29 is 47.0 Å². The summed E-state index contributed by atoms with van der Waals surface area (Å²) in [6.45, 7) is 15.0. The quantitative estimate of drug-likeness (QED) is 0.0640. The average molecular weight is 1160 g/mol. The predicted octanol–water partition coefficient (Wildman–Crippen LogP) is 7.14. The Morgan fingerprint density at radius 2 is 1.58 bits per heavy atom. The molecule has 6 amide bonds. The van der Waals surface area contributed by atoms with E-state index in [1.54, 1.807) is 38.7 Å². The smallest absolute Gasteiger partial charge is 0.410 e. The highest BCUT2D eigenvalue weighted by Gasteiger charge is 2.39. The molecule has 3 aromatic heterocycles. The van der Waals surface area contributed by atoms with Crippen LogP contribution >= 0.6 is 22.9 Å². The van der Waals surface area contributed by atoms with E-state index in [-0.39, 0.29) is 79.2 Å². The molecule has 2 atom stereocenters.